The van der Waals surface area contributed by atoms with E-state index in [1.54, 1.807) is 0 Å². The number of nitrogens with zero attached hydrogens (tertiary/aromatic N) is 3. The molecule has 142 valence electrons. The van der Waals surface area contributed by atoms with Gasteiger partial charge in [0.25, 0.3) is 0 Å². The lowest BCUT2D eigenvalue weighted by Gasteiger charge is -2.37. The number of likely N-dealkylation sites (tertiary alicyclic amines) is 2. The first kappa shape index (κ1) is 22.0. The molecular formula is C18H37IN4O. The minimum atomic E-state index is 0. The molecule has 2 fully saturated rings. The van der Waals surface area contributed by atoms with E-state index in [9.17, 15) is 0 Å². The first-order chi connectivity index (χ1) is 11.1. The number of guanidine groups is 1. The van der Waals surface area contributed by atoms with E-state index in [2.05, 4.69) is 40.9 Å². The molecular weight excluding hydrogens is 415 g/mol. The second-order valence-electron chi connectivity index (χ2n) is 7.17. The van der Waals surface area contributed by atoms with Crippen molar-refractivity contribution in [3.05, 3.63) is 0 Å². The van der Waals surface area contributed by atoms with Gasteiger partial charge < -0.3 is 19.9 Å². The standard InChI is InChI=1S/C18H36N4O.HI/c1-5-23-17-8-11-21(12-9-17)18(19-4)20-13-16-7-6-10-22(14-16)15(2)3;/h15-17H,5-14H2,1-4H3,(H,19,20);1H. The van der Waals surface area contributed by atoms with Crippen LogP contribution in [0, 0.1) is 5.92 Å². The van der Waals surface area contributed by atoms with Crippen molar-refractivity contribution in [3.8, 4) is 0 Å². The van der Waals surface area contributed by atoms with Crippen LogP contribution in [0.2, 0.25) is 0 Å². The molecule has 2 heterocycles. The summed E-state index contributed by atoms with van der Waals surface area (Å²) < 4.78 is 5.74. The van der Waals surface area contributed by atoms with E-state index in [4.69, 9.17) is 4.74 Å². The molecule has 2 rings (SSSR count). The summed E-state index contributed by atoms with van der Waals surface area (Å²) in [6, 6.07) is 0.662. The van der Waals surface area contributed by atoms with Gasteiger partial charge in [0, 0.05) is 45.9 Å². The molecule has 0 spiro atoms. The van der Waals surface area contributed by atoms with E-state index < -0.39 is 0 Å². The second kappa shape index (κ2) is 11.5. The van der Waals surface area contributed by atoms with E-state index in [0.29, 0.717) is 12.1 Å². The fourth-order valence-corrected chi connectivity index (χ4v) is 3.77. The molecule has 2 aliphatic heterocycles. The van der Waals surface area contributed by atoms with Crippen LogP contribution in [-0.4, -0.2) is 74.3 Å². The zero-order chi connectivity index (χ0) is 16.7. The number of ether oxygens (including phenoxy) is 1. The van der Waals surface area contributed by atoms with E-state index in [-0.39, 0.29) is 24.0 Å². The van der Waals surface area contributed by atoms with Crippen LogP contribution in [0.15, 0.2) is 4.99 Å². The van der Waals surface area contributed by atoms with Crippen molar-refractivity contribution in [2.45, 2.75) is 58.6 Å². The van der Waals surface area contributed by atoms with E-state index >= 15 is 0 Å². The summed E-state index contributed by atoms with van der Waals surface area (Å²) in [5.41, 5.74) is 0. The average Bonchev–Trinajstić information content (AvgIpc) is 2.57. The summed E-state index contributed by atoms with van der Waals surface area (Å²) in [5, 5.41) is 3.62. The Bertz CT molecular complexity index is 370. The van der Waals surface area contributed by atoms with Crippen molar-refractivity contribution < 1.29 is 4.74 Å². The zero-order valence-corrected chi connectivity index (χ0v) is 18.3. The molecule has 0 aliphatic carbocycles. The maximum atomic E-state index is 5.74. The van der Waals surface area contributed by atoms with Crippen LogP contribution in [0.1, 0.15) is 46.5 Å². The van der Waals surface area contributed by atoms with Crippen molar-refractivity contribution in [3.63, 3.8) is 0 Å². The highest BCUT2D eigenvalue weighted by Gasteiger charge is 2.24. The van der Waals surface area contributed by atoms with Crippen LogP contribution in [0.4, 0.5) is 0 Å². The average molecular weight is 452 g/mol. The van der Waals surface area contributed by atoms with Crippen molar-refractivity contribution in [2.24, 2.45) is 10.9 Å². The van der Waals surface area contributed by atoms with Gasteiger partial charge in [-0.3, -0.25) is 4.99 Å². The van der Waals surface area contributed by atoms with Gasteiger partial charge in [-0.2, -0.15) is 0 Å². The molecule has 0 aromatic rings. The number of nitrogens with one attached hydrogen (secondary N) is 1. The van der Waals surface area contributed by atoms with Gasteiger partial charge in [0.15, 0.2) is 5.96 Å². The van der Waals surface area contributed by atoms with Gasteiger partial charge in [-0.25, -0.2) is 0 Å². The number of aliphatic imine (C=N–C) groups is 1. The molecule has 0 aromatic heterocycles. The third kappa shape index (κ3) is 6.67. The highest BCUT2D eigenvalue weighted by Crippen LogP contribution is 2.18. The fourth-order valence-electron chi connectivity index (χ4n) is 3.77. The van der Waals surface area contributed by atoms with Gasteiger partial charge in [-0.15, -0.1) is 24.0 Å². The number of rotatable bonds is 5. The molecule has 0 bridgehead atoms. The quantitative estimate of drug-likeness (QED) is 0.396. The zero-order valence-electron chi connectivity index (χ0n) is 16.0. The Morgan fingerprint density at radius 3 is 2.50 bits per heavy atom. The lowest BCUT2D eigenvalue weighted by Crippen LogP contribution is -2.49. The lowest BCUT2D eigenvalue weighted by molar-refractivity contribution is 0.0263. The normalized spacial score (nSPS) is 24.1. The number of halogens is 1. The van der Waals surface area contributed by atoms with Crippen LogP contribution in [0.25, 0.3) is 0 Å². The molecule has 1 unspecified atom stereocenters. The minimum Gasteiger partial charge on any atom is -0.378 e. The van der Waals surface area contributed by atoms with Crippen LogP contribution in [0.5, 0.6) is 0 Å². The van der Waals surface area contributed by atoms with Crippen molar-refractivity contribution in [1.82, 2.24) is 15.1 Å². The predicted molar refractivity (Wildman–Crippen MR) is 112 cm³/mol. The third-order valence-electron chi connectivity index (χ3n) is 5.19. The molecule has 0 radical (unpaired) electrons. The molecule has 2 saturated heterocycles. The van der Waals surface area contributed by atoms with Crippen LogP contribution in [-0.2, 0) is 4.74 Å². The molecule has 0 amide bonds. The summed E-state index contributed by atoms with van der Waals surface area (Å²) in [6.45, 7) is 13.1. The topological polar surface area (TPSA) is 40.1 Å². The van der Waals surface area contributed by atoms with Crippen LogP contribution in [0.3, 0.4) is 0 Å². The molecule has 6 heteroatoms. The molecule has 0 saturated carbocycles. The predicted octanol–water partition coefficient (Wildman–Crippen LogP) is 2.80. The third-order valence-corrected chi connectivity index (χ3v) is 5.19. The van der Waals surface area contributed by atoms with Gasteiger partial charge in [0.1, 0.15) is 0 Å². The van der Waals surface area contributed by atoms with Gasteiger partial charge in [-0.1, -0.05) is 0 Å². The van der Waals surface area contributed by atoms with Crippen molar-refractivity contribution >= 4 is 29.9 Å². The molecule has 24 heavy (non-hydrogen) atoms. The van der Waals surface area contributed by atoms with E-state index in [0.717, 1.165) is 51.0 Å². The SMILES string of the molecule is CCOC1CCN(C(=NC)NCC2CCCN(C(C)C)C2)CC1.I. The fraction of sp³-hybridized carbons (Fsp3) is 0.944. The molecule has 2 aliphatic rings. The first-order valence-corrected chi connectivity index (χ1v) is 9.45. The molecule has 5 nitrogen and oxygen atoms in total. The molecule has 1 N–H and O–H groups in total. The molecule has 1 atom stereocenters. The second-order valence-corrected chi connectivity index (χ2v) is 7.17. The highest BCUT2D eigenvalue weighted by atomic mass is 127. The van der Waals surface area contributed by atoms with Crippen molar-refractivity contribution in [2.75, 3.05) is 46.4 Å². The highest BCUT2D eigenvalue weighted by molar-refractivity contribution is 14.0. The monoisotopic (exact) mass is 452 g/mol. The minimum absolute atomic E-state index is 0. The van der Waals surface area contributed by atoms with Gasteiger partial charge in [-0.05, 0) is 58.9 Å². The summed E-state index contributed by atoms with van der Waals surface area (Å²) in [4.78, 5) is 9.49. The smallest absolute Gasteiger partial charge is 0.193 e. The Kier molecular flexibility index (Phi) is 10.5. The van der Waals surface area contributed by atoms with Crippen LogP contribution >= 0.6 is 24.0 Å². The largest absolute Gasteiger partial charge is 0.378 e. The first-order valence-electron chi connectivity index (χ1n) is 9.45. The Balaban J connectivity index is 0.00000288. The van der Waals surface area contributed by atoms with Gasteiger partial charge >= 0.3 is 0 Å². The number of hydrogen-bond donors (Lipinski definition) is 1. The Labute approximate surface area is 165 Å². The summed E-state index contributed by atoms with van der Waals surface area (Å²) >= 11 is 0. The van der Waals surface area contributed by atoms with Gasteiger partial charge in [0.2, 0.25) is 0 Å². The molecule has 0 aromatic carbocycles. The summed E-state index contributed by atoms with van der Waals surface area (Å²) in [6.07, 6.45) is 5.31. The lowest BCUT2D eigenvalue weighted by atomic mass is 9.97. The Morgan fingerprint density at radius 1 is 1.21 bits per heavy atom. The maximum absolute atomic E-state index is 5.74. The van der Waals surface area contributed by atoms with E-state index in [1.165, 1.54) is 25.9 Å². The van der Waals surface area contributed by atoms with Crippen molar-refractivity contribution in [1.29, 1.82) is 0 Å². The summed E-state index contributed by atoms with van der Waals surface area (Å²) in [5.74, 6) is 1.81. The van der Waals surface area contributed by atoms with E-state index in [1.807, 2.05) is 7.05 Å². The number of piperidine rings is 2. The van der Waals surface area contributed by atoms with Crippen LogP contribution < -0.4 is 5.32 Å². The summed E-state index contributed by atoms with van der Waals surface area (Å²) in [7, 11) is 1.90. The van der Waals surface area contributed by atoms with Gasteiger partial charge in [0.05, 0.1) is 6.10 Å². The maximum Gasteiger partial charge on any atom is 0.193 e. The Hall–Kier alpha value is -0.0800. The Morgan fingerprint density at radius 2 is 1.92 bits per heavy atom. The number of hydrogen-bond acceptors (Lipinski definition) is 3.